The second-order valence-corrected chi connectivity index (χ2v) is 5.92. The monoisotopic (exact) mass is 340 g/mol. The molecule has 0 aromatic heterocycles. The largest absolute Gasteiger partial charge is 0.482 e. The van der Waals surface area contributed by atoms with Crippen molar-refractivity contribution in [1.82, 2.24) is 5.32 Å². The topological polar surface area (TPSA) is 76.7 Å². The standard InChI is InChI=1S/C19H20N2O4/c1-12(14-6-7-17-16(9-14)21-18(22)11-25-17)20-19(23)15-5-3-4-13(8-15)10-24-2/h3-9,12H,10-11H2,1-2H3,(H,20,23)(H,21,22)/t12-/m1/s1. The van der Waals surface area contributed by atoms with Gasteiger partial charge in [0.25, 0.3) is 11.8 Å². The highest BCUT2D eigenvalue weighted by atomic mass is 16.5. The number of carbonyl (C=O) groups is 2. The van der Waals surface area contributed by atoms with Crippen LogP contribution in [-0.4, -0.2) is 25.5 Å². The molecule has 130 valence electrons. The van der Waals surface area contributed by atoms with Gasteiger partial charge in [0.1, 0.15) is 5.75 Å². The normalized spacial score (nSPS) is 14.1. The Morgan fingerprint density at radius 1 is 1.32 bits per heavy atom. The summed E-state index contributed by atoms with van der Waals surface area (Å²) in [5.74, 6) is 0.286. The van der Waals surface area contributed by atoms with Crippen LogP contribution in [0.2, 0.25) is 0 Å². The Bertz CT molecular complexity index is 804. The Labute approximate surface area is 146 Å². The minimum Gasteiger partial charge on any atom is -0.482 e. The quantitative estimate of drug-likeness (QED) is 0.877. The van der Waals surface area contributed by atoms with Crippen molar-refractivity contribution in [3.63, 3.8) is 0 Å². The zero-order chi connectivity index (χ0) is 17.8. The maximum absolute atomic E-state index is 12.5. The van der Waals surface area contributed by atoms with Gasteiger partial charge in [-0.2, -0.15) is 0 Å². The average molecular weight is 340 g/mol. The van der Waals surface area contributed by atoms with Gasteiger partial charge >= 0.3 is 0 Å². The zero-order valence-electron chi connectivity index (χ0n) is 14.2. The van der Waals surface area contributed by atoms with Crippen LogP contribution in [0.3, 0.4) is 0 Å². The highest BCUT2D eigenvalue weighted by Gasteiger charge is 2.18. The Hall–Kier alpha value is -2.86. The number of rotatable bonds is 5. The highest BCUT2D eigenvalue weighted by Crippen LogP contribution is 2.30. The average Bonchev–Trinajstić information content (AvgIpc) is 2.61. The van der Waals surface area contributed by atoms with Gasteiger partial charge in [-0.1, -0.05) is 18.2 Å². The van der Waals surface area contributed by atoms with E-state index in [1.54, 1.807) is 19.2 Å². The number of carbonyl (C=O) groups excluding carboxylic acids is 2. The van der Waals surface area contributed by atoms with Crippen LogP contribution in [0.1, 0.15) is 34.5 Å². The van der Waals surface area contributed by atoms with Crippen LogP contribution in [0, 0.1) is 0 Å². The first kappa shape index (κ1) is 17.0. The molecule has 0 aliphatic carbocycles. The van der Waals surface area contributed by atoms with Gasteiger partial charge in [-0.3, -0.25) is 9.59 Å². The molecule has 1 aliphatic heterocycles. The summed E-state index contributed by atoms with van der Waals surface area (Å²) in [5, 5.41) is 5.74. The number of methoxy groups -OCH3 is 1. The molecule has 2 amide bonds. The molecule has 2 N–H and O–H groups in total. The van der Waals surface area contributed by atoms with Crippen molar-refractivity contribution in [3.8, 4) is 5.75 Å². The lowest BCUT2D eigenvalue weighted by Crippen LogP contribution is -2.28. The van der Waals surface area contributed by atoms with Crippen LogP contribution < -0.4 is 15.4 Å². The molecule has 0 spiro atoms. The van der Waals surface area contributed by atoms with Crippen molar-refractivity contribution in [3.05, 3.63) is 59.2 Å². The molecule has 6 nitrogen and oxygen atoms in total. The number of hydrogen-bond acceptors (Lipinski definition) is 4. The van der Waals surface area contributed by atoms with E-state index in [0.29, 0.717) is 23.6 Å². The van der Waals surface area contributed by atoms with Crippen LogP contribution >= 0.6 is 0 Å². The maximum Gasteiger partial charge on any atom is 0.262 e. The van der Waals surface area contributed by atoms with E-state index in [1.165, 1.54) is 0 Å². The molecule has 0 saturated carbocycles. The molecule has 0 saturated heterocycles. The number of amides is 2. The molecular weight excluding hydrogens is 320 g/mol. The highest BCUT2D eigenvalue weighted by molar-refractivity contribution is 5.96. The van der Waals surface area contributed by atoms with Crippen molar-refractivity contribution >= 4 is 17.5 Å². The van der Waals surface area contributed by atoms with Gasteiger partial charge in [-0.25, -0.2) is 0 Å². The molecule has 0 fully saturated rings. The molecular formula is C19H20N2O4. The van der Waals surface area contributed by atoms with E-state index in [2.05, 4.69) is 10.6 Å². The van der Waals surface area contributed by atoms with E-state index >= 15 is 0 Å². The van der Waals surface area contributed by atoms with Gasteiger partial charge in [0, 0.05) is 12.7 Å². The lowest BCUT2D eigenvalue weighted by molar-refractivity contribution is -0.118. The predicted octanol–water partition coefficient (Wildman–Crippen LogP) is 2.65. The molecule has 3 rings (SSSR count). The van der Waals surface area contributed by atoms with E-state index in [-0.39, 0.29) is 24.5 Å². The number of hydrogen-bond donors (Lipinski definition) is 2. The summed E-state index contributed by atoms with van der Waals surface area (Å²) in [5.41, 5.74) is 3.02. The first-order valence-corrected chi connectivity index (χ1v) is 8.02. The Morgan fingerprint density at radius 2 is 2.16 bits per heavy atom. The molecule has 2 aromatic carbocycles. The first-order chi connectivity index (χ1) is 12.1. The van der Waals surface area contributed by atoms with Crippen LogP contribution in [-0.2, 0) is 16.1 Å². The number of fused-ring (bicyclic) bond motifs is 1. The number of anilines is 1. The fourth-order valence-corrected chi connectivity index (χ4v) is 2.70. The summed E-state index contributed by atoms with van der Waals surface area (Å²) in [7, 11) is 1.62. The first-order valence-electron chi connectivity index (χ1n) is 8.02. The molecule has 1 aliphatic rings. The van der Waals surface area contributed by atoms with Gasteiger partial charge in [0.2, 0.25) is 0 Å². The smallest absolute Gasteiger partial charge is 0.262 e. The number of nitrogens with one attached hydrogen (secondary N) is 2. The SMILES string of the molecule is COCc1cccc(C(=O)N[C@H](C)c2ccc3c(c2)NC(=O)CO3)c1. The van der Waals surface area contributed by atoms with Crippen LogP contribution in [0.4, 0.5) is 5.69 Å². The van der Waals surface area contributed by atoms with Crippen LogP contribution in [0.5, 0.6) is 5.75 Å². The fraction of sp³-hybridized carbons (Fsp3) is 0.263. The summed E-state index contributed by atoms with van der Waals surface area (Å²) < 4.78 is 10.4. The molecule has 0 radical (unpaired) electrons. The lowest BCUT2D eigenvalue weighted by Gasteiger charge is -2.21. The van der Waals surface area contributed by atoms with Gasteiger partial charge in [-0.15, -0.1) is 0 Å². The minimum absolute atomic E-state index is 0.0243. The summed E-state index contributed by atoms with van der Waals surface area (Å²) in [4.78, 5) is 23.9. The van der Waals surface area contributed by atoms with Crippen molar-refractivity contribution < 1.29 is 19.1 Å². The van der Waals surface area contributed by atoms with Crippen LogP contribution in [0.25, 0.3) is 0 Å². The second kappa shape index (κ2) is 7.36. The van der Waals surface area contributed by atoms with Crippen molar-refractivity contribution in [1.29, 1.82) is 0 Å². The second-order valence-electron chi connectivity index (χ2n) is 5.92. The van der Waals surface area contributed by atoms with Gasteiger partial charge < -0.3 is 20.1 Å². The molecule has 0 bridgehead atoms. The van der Waals surface area contributed by atoms with Crippen LogP contribution in [0.15, 0.2) is 42.5 Å². The van der Waals surface area contributed by atoms with E-state index in [9.17, 15) is 9.59 Å². The van der Waals surface area contributed by atoms with Gasteiger partial charge in [-0.05, 0) is 42.3 Å². The molecule has 0 unspecified atom stereocenters. The Kier molecular flexibility index (Phi) is 5.00. The molecule has 25 heavy (non-hydrogen) atoms. The van der Waals surface area contributed by atoms with Crippen molar-refractivity contribution in [2.24, 2.45) is 0 Å². The minimum atomic E-state index is -0.220. The third-order valence-corrected chi connectivity index (χ3v) is 3.98. The van der Waals surface area contributed by atoms with E-state index in [0.717, 1.165) is 11.1 Å². The molecule has 1 atom stereocenters. The third kappa shape index (κ3) is 3.97. The Balaban J connectivity index is 1.72. The van der Waals surface area contributed by atoms with Gasteiger partial charge in [0.05, 0.1) is 18.3 Å². The van der Waals surface area contributed by atoms with E-state index in [4.69, 9.17) is 9.47 Å². The fourth-order valence-electron chi connectivity index (χ4n) is 2.70. The lowest BCUT2D eigenvalue weighted by atomic mass is 10.1. The summed E-state index contributed by atoms with van der Waals surface area (Å²) in [6.45, 7) is 2.38. The molecule has 2 aromatic rings. The predicted molar refractivity (Wildman–Crippen MR) is 93.6 cm³/mol. The summed E-state index contributed by atoms with van der Waals surface area (Å²) in [6.07, 6.45) is 0. The van der Waals surface area contributed by atoms with Crippen molar-refractivity contribution in [2.75, 3.05) is 19.0 Å². The number of ether oxygens (including phenoxy) is 2. The van der Waals surface area contributed by atoms with E-state index < -0.39 is 0 Å². The molecule has 6 heteroatoms. The number of benzene rings is 2. The van der Waals surface area contributed by atoms with E-state index in [1.807, 2.05) is 37.3 Å². The third-order valence-electron chi connectivity index (χ3n) is 3.98. The molecule has 1 heterocycles. The summed E-state index contributed by atoms with van der Waals surface area (Å²) in [6, 6.07) is 12.6. The van der Waals surface area contributed by atoms with Crippen molar-refractivity contribution in [2.45, 2.75) is 19.6 Å². The summed E-state index contributed by atoms with van der Waals surface area (Å²) >= 11 is 0. The Morgan fingerprint density at radius 3 is 2.96 bits per heavy atom. The zero-order valence-corrected chi connectivity index (χ0v) is 14.2. The maximum atomic E-state index is 12.5. The van der Waals surface area contributed by atoms with Gasteiger partial charge in [0.15, 0.2) is 6.61 Å².